The van der Waals surface area contributed by atoms with E-state index in [2.05, 4.69) is 0 Å². The zero-order valence-corrected chi connectivity index (χ0v) is 8.09. The van der Waals surface area contributed by atoms with Gasteiger partial charge in [-0.15, -0.1) is 0 Å². The molecule has 6 heteroatoms. The molecule has 0 aromatic rings. The molecule has 0 bridgehead atoms. The number of hydrogen-bond acceptors (Lipinski definition) is 5. The lowest BCUT2D eigenvalue weighted by Gasteiger charge is -2.23. The van der Waals surface area contributed by atoms with Crippen molar-refractivity contribution in [2.75, 3.05) is 6.61 Å². The standard InChI is InChI=1S/C9H14O6/c10-8(11)7-2-1-6(5-15-7)3-4-9(12,13)14/h2,6,12-14H,1,3-5H2,(H,10,11). The molecule has 1 aliphatic heterocycles. The van der Waals surface area contributed by atoms with E-state index in [1.807, 2.05) is 0 Å². The number of allylic oxidation sites excluding steroid dienone is 1. The fraction of sp³-hybridized carbons (Fsp3) is 0.667. The van der Waals surface area contributed by atoms with Crippen LogP contribution in [0.2, 0.25) is 0 Å². The summed E-state index contributed by atoms with van der Waals surface area (Å²) in [5, 5.41) is 34.5. The van der Waals surface area contributed by atoms with Crippen molar-refractivity contribution in [2.24, 2.45) is 5.92 Å². The first-order valence-electron chi connectivity index (χ1n) is 4.62. The fourth-order valence-corrected chi connectivity index (χ4v) is 1.36. The minimum absolute atomic E-state index is 0.000995. The average Bonchev–Trinajstić information content (AvgIpc) is 2.14. The topological polar surface area (TPSA) is 107 Å². The van der Waals surface area contributed by atoms with Gasteiger partial charge in [0.2, 0.25) is 0 Å². The molecular formula is C9H14O6. The third-order valence-corrected chi connectivity index (χ3v) is 2.21. The number of carbonyl (C=O) groups is 1. The van der Waals surface area contributed by atoms with E-state index in [-0.39, 0.29) is 24.7 Å². The van der Waals surface area contributed by atoms with Crippen molar-refractivity contribution in [1.29, 1.82) is 0 Å². The largest absolute Gasteiger partial charge is 0.486 e. The van der Waals surface area contributed by atoms with Crippen molar-refractivity contribution in [3.63, 3.8) is 0 Å². The predicted octanol–water partition coefficient (Wildman–Crippen LogP) is -0.598. The summed E-state index contributed by atoms with van der Waals surface area (Å²) in [6, 6.07) is 0. The number of ether oxygens (including phenoxy) is 1. The van der Waals surface area contributed by atoms with Crippen LogP contribution in [0, 0.1) is 5.92 Å². The quantitative estimate of drug-likeness (QED) is 0.469. The number of aliphatic hydroxyl groups is 3. The van der Waals surface area contributed by atoms with Gasteiger partial charge in [0, 0.05) is 6.42 Å². The highest BCUT2D eigenvalue weighted by molar-refractivity contribution is 5.84. The molecule has 1 atom stereocenters. The first-order chi connectivity index (χ1) is 6.88. The number of aliphatic carboxylic acids is 1. The van der Waals surface area contributed by atoms with E-state index in [1.165, 1.54) is 6.08 Å². The highest BCUT2D eigenvalue weighted by Gasteiger charge is 2.24. The second kappa shape index (κ2) is 4.61. The summed E-state index contributed by atoms with van der Waals surface area (Å²) in [7, 11) is 0. The van der Waals surface area contributed by atoms with Gasteiger partial charge < -0.3 is 25.2 Å². The Morgan fingerprint density at radius 1 is 1.53 bits per heavy atom. The number of hydrogen-bond donors (Lipinski definition) is 4. The molecule has 1 unspecified atom stereocenters. The van der Waals surface area contributed by atoms with E-state index >= 15 is 0 Å². The Kier molecular flexibility index (Phi) is 3.67. The summed E-state index contributed by atoms with van der Waals surface area (Å²) in [6.07, 6.45) is 2.12. The van der Waals surface area contributed by atoms with Crippen LogP contribution in [0.3, 0.4) is 0 Å². The van der Waals surface area contributed by atoms with Crippen molar-refractivity contribution in [3.8, 4) is 0 Å². The van der Waals surface area contributed by atoms with Crippen LogP contribution >= 0.6 is 0 Å². The molecule has 6 nitrogen and oxygen atoms in total. The van der Waals surface area contributed by atoms with Gasteiger partial charge in [-0.05, 0) is 24.8 Å². The monoisotopic (exact) mass is 218 g/mol. The van der Waals surface area contributed by atoms with Gasteiger partial charge in [-0.3, -0.25) is 0 Å². The molecule has 15 heavy (non-hydrogen) atoms. The number of rotatable bonds is 4. The Labute approximate surface area is 86.4 Å². The van der Waals surface area contributed by atoms with Crippen molar-refractivity contribution in [1.82, 2.24) is 0 Å². The lowest BCUT2D eigenvalue weighted by Crippen LogP contribution is -2.29. The van der Waals surface area contributed by atoms with Crippen molar-refractivity contribution in [2.45, 2.75) is 25.2 Å². The Morgan fingerprint density at radius 3 is 2.60 bits per heavy atom. The maximum atomic E-state index is 10.5. The number of carboxylic acid groups (broad SMARTS) is 1. The van der Waals surface area contributed by atoms with Gasteiger partial charge >= 0.3 is 5.97 Å². The molecule has 1 rings (SSSR count). The van der Waals surface area contributed by atoms with Gasteiger partial charge in [-0.2, -0.15) is 0 Å². The zero-order valence-electron chi connectivity index (χ0n) is 8.09. The van der Waals surface area contributed by atoms with Crippen LogP contribution in [-0.2, 0) is 9.53 Å². The smallest absolute Gasteiger partial charge is 0.370 e. The summed E-state index contributed by atoms with van der Waals surface area (Å²) in [4.78, 5) is 10.5. The summed E-state index contributed by atoms with van der Waals surface area (Å²) in [5.41, 5.74) is 0. The molecule has 0 aromatic carbocycles. The fourth-order valence-electron chi connectivity index (χ4n) is 1.36. The lowest BCUT2D eigenvalue weighted by atomic mass is 9.97. The first-order valence-corrected chi connectivity index (χ1v) is 4.62. The van der Waals surface area contributed by atoms with E-state index in [9.17, 15) is 4.79 Å². The molecule has 4 N–H and O–H groups in total. The Hall–Kier alpha value is -1.11. The van der Waals surface area contributed by atoms with Gasteiger partial charge in [0.05, 0.1) is 6.61 Å². The van der Waals surface area contributed by atoms with E-state index in [0.29, 0.717) is 12.8 Å². The van der Waals surface area contributed by atoms with Crippen LogP contribution in [0.4, 0.5) is 0 Å². The predicted molar refractivity (Wildman–Crippen MR) is 48.4 cm³/mol. The first kappa shape index (κ1) is 12.0. The normalized spacial score (nSPS) is 21.8. The molecule has 86 valence electrons. The highest BCUT2D eigenvalue weighted by Crippen LogP contribution is 2.22. The van der Waals surface area contributed by atoms with Gasteiger partial charge in [-0.1, -0.05) is 0 Å². The Bertz CT molecular complexity index is 264. The highest BCUT2D eigenvalue weighted by atomic mass is 16.7. The van der Waals surface area contributed by atoms with Gasteiger partial charge in [0.15, 0.2) is 5.76 Å². The molecule has 0 aromatic heterocycles. The van der Waals surface area contributed by atoms with Crippen molar-refractivity contribution >= 4 is 5.97 Å². The van der Waals surface area contributed by atoms with Gasteiger partial charge in [0.1, 0.15) is 0 Å². The molecule has 0 aliphatic carbocycles. The average molecular weight is 218 g/mol. The van der Waals surface area contributed by atoms with Crippen molar-refractivity contribution in [3.05, 3.63) is 11.8 Å². The van der Waals surface area contributed by atoms with Crippen LogP contribution in [0.15, 0.2) is 11.8 Å². The van der Waals surface area contributed by atoms with E-state index in [1.54, 1.807) is 0 Å². The minimum atomic E-state index is -2.66. The third-order valence-electron chi connectivity index (χ3n) is 2.21. The second-order valence-electron chi connectivity index (χ2n) is 3.60. The van der Waals surface area contributed by atoms with Gasteiger partial charge in [-0.25, -0.2) is 4.79 Å². The Balaban J connectivity index is 2.35. The van der Waals surface area contributed by atoms with Crippen LogP contribution in [0.5, 0.6) is 0 Å². The van der Waals surface area contributed by atoms with Gasteiger partial charge in [0.25, 0.3) is 5.97 Å². The van der Waals surface area contributed by atoms with Crippen LogP contribution < -0.4 is 0 Å². The van der Waals surface area contributed by atoms with E-state index in [0.717, 1.165) is 0 Å². The lowest BCUT2D eigenvalue weighted by molar-refractivity contribution is -0.316. The molecule has 0 amide bonds. The van der Waals surface area contributed by atoms with Crippen molar-refractivity contribution < 1.29 is 30.0 Å². The van der Waals surface area contributed by atoms with Crippen LogP contribution in [0.25, 0.3) is 0 Å². The molecule has 1 heterocycles. The molecular weight excluding hydrogens is 204 g/mol. The van der Waals surface area contributed by atoms with Crippen LogP contribution in [0.1, 0.15) is 19.3 Å². The molecule has 0 spiro atoms. The van der Waals surface area contributed by atoms with E-state index in [4.69, 9.17) is 25.2 Å². The zero-order chi connectivity index (χ0) is 11.5. The summed E-state index contributed by atoms with van der Waals surface area (Å²) in [5.74, 6) is -3.83. The number of carboxylic acids is 1. The van der Waals surface area contributed by atoms with Crippen LogP contribution in [-0.4, -0.2) is 39.0 Å². The molecule has 0 radical (unpaired) electrons. The Morgan fingerprint density at radius 2 is 2.20 bits per heavy atom. The third kappa shape index (κ3) is 4.28. The minimum Gasteiger partial charge on any atom is -0.486 e. The second-order valence-corrected chi connectivity index (χ2v) is 3.60. The molecule has 0 fully saturated rings. The maximum absolute atomic E-state index is 10.5. The summed E-state index contributed by atoms with van der Waals surface area (Å²) >= 11 is 0. The molecule has 1 aliphatic rings. The summed E-state index contributed by atoms with van der Waals surface area (Å²) in [6.45, 7) is 0.216. The van der Waals surface area contributed by atoms with E-state index < -0.39 is 11.9 Å². The maximum Gasteiger partial charge on any atom is 0.370 e. The molecule has 0 saturated heterocycles. The SMILES string of the molecule is O=C(O)C1=CCC(CCC(O)(O)O)CO1. The summed E-state index contributed by atoms with van der Waals surface area (Å²) < 4.78 is 4.93. The molecule has 0 saturated carbocycles.